The SMILES string of the molecule is O=c1c2cc(Cl)ccc2nc2n1CCC2=Cc1ccc(OCc2cn3ccccc3n2)cc1. The summed E-state index contributed by atoms with van der Waals surface area (Å²) in [6.07, 6.45) is 6.78. The summed E-state index contributed by atoms with van der Waals surface area (Å²) in [6, 6.07) is 19.1. The van der Waals surface area contributed by atoms with E-state index in [1.54, 1.807) is 22.8 Å². The Hall–Kier alpha value is -3.90. The normalized spacial score (nSPS) is 14.3. The van der Waals surface area contributed by atoms with E-state index in [4.69, 9.17) is 21.3 Å². The molecule has 1 aliphatic rings. The van der Waals surface area contributed by atoms with E-state index < -0.39 is 0 Å². The van der Waals surface area contributed by atoms with Gasteiger partial charge in [-0.3, -0.25) is 9.36 Å². The first-order valence-electron chi connectivity index (χ1n) is 10.7. The van der Waals surface area contributed by atoms with Gasteiger partial charge in [0.05, 0.1) is 16.6 Å². The number of pyridine rings is 1. The van der Waals surface area contributed by atoms with Crippen LogP contribution in [0.15, 0.2) is 77.9 Å². The van der Waals surface area contributed by atoms with Gasteiger partial charge in [-0.25, -0.2) is 9.97 Å². The molecular weight excluding hydrogens is 436 g/mol. The topological polar surface area (TPSA) is 61.4 Å². The van der Waals surface area contributed by atoms with Crippen LogP contribution in [0.5, 0.6) is 5.75 Å². The highest BCUT2D eigenvalue weighted by atomic mass is 35.5. The molecule has 0 saturated heterocycles. The third-order valence-electron chi connectivity index (χ3n) is 5.83. The Morgan fingerprint density at radius 3 is 2.79 bits per heavy atom. The maximum Gasteiger partial charge on any atom is 0.261 e. The van der Waals surface area contributed by atoms with E-state index in [-0.39, 0.29) is 5.56 Å². The van der Waals surface area contributed by atoms with Crippen LogP contribution < -0.4 is 10.3 Å². The van der Waals surface area contributed by atoms with Crippen LogP contribution in [0.1, 0.15) is 23.5 Å². The summed E-state index contributed by atoms with van der Waals surface area (Å²) < 4.78 is 9.62. The lowest BCUT2D eigenvalue weighted by Gasteiger charge is -2.06. The Balaban J connectivity index is 1.22. The molecule has 7 heteroatoms. The van der Waals surface area contributed by atoms with Crippen molar-refractivity contribution < 1.29 is 4.74 Å². The number of benzene rings is 2. The molecule has 0 bridgehead atoms. The van der Waals surface area contributed by atoms with Gasteiger partial charge in [-0.15, -0.1) is 0 Å². The Labute approximate surface area is 194 Å². The van der Waals surface area contributed by atoms with Crippen LogP contribution in [0.25, 0.3) is 28.2 Å². The van der Waals surface area contributed by atoms with Crippen molar-refractivity contribution in [2.45, 2.75) is 19.6 Å². The highest BCUT2D eigenvalue weighted by molar-refractivity contribution is 6.31. The fourth-order valence-corrected chi connectivity index (χ4v) is 4.37. The smallest absolute Gasteiger partial charge is 0.261 e. The summed E-state index contributed by atoms with van der Waals surface area (Å²) in [4.78, 5) is 22.2. The molecule has 0 aliphatic carbocycles. The van der Waals surface area contributed by atoms with E-state index in [2.05, 4.69) is 11.1 Å². The van der Waals surface area contributed by atoms with E-state index in [9.17, 15) is 4.79 Å². The average Bonchev–Trinajstić information content (AvgIpc) is 3.43. The predicted molar refractivity (Wildman–Crippen MR) is 129 cm³/mol. The second-order valence-electron chi connectivity index (χ2n) is 8.03. The van der Waals surface area contributed by atoms with E-state index >= 15 is 0 Å². The Kier molecular flexibility index (Phi) is 4.73. The lowest BCUT2D eigenvalue weighted by Crippen LogP contribution is -2.20. The summed E-state index contributed by atoms with van der Waals surface area (Å²) >= 11 is 6.06. The summed E-state index contributed by atoms with van der Waals surface area (Å²) in [7, 11) is 0. The van der Waals surface area contributed by atoms with Gasteiger partial charge in [0, 0.05) is 24.0 Å². The molecule has 0 amide bonds. The first-order valence-corrected chi connectivity index (χ1v) is 11.1. The lowest BCUT2D eigenvalue weighted by atomic mass is 10.1. The predicted octanol–water partition coefficient (Wildman–Crippen LogP) is 5.22. The molecule has 0 unspecified atom stereocenters. The molecule has 0 atom stereocenters. The number of allylic oxidation sites excluding steroid dienone is 1. The van der Waals surface area contributed by atoms with Crippen molar-refractivity contribution in [1.29, 1.82) is 0 Å². The zero-order valence-electron chi connectivity index (χ0n) is 17.6. The third kappa shape index (κ3) is 3.68. The molecule has 5 aromatic rings. The minimum absolute atomic E-state index is 0.0448. The van der Waals surface area contributed by atoms with Gasteiger partial charge in [0.2, 0.25) is 0 Å². The Morgan fingerprint density at radius 1 is 1.06 bits per heavy atom. The first kappa shape index (κ1) is 19.8. The highest BCUT2D eigenvalue weighted by Crippen LogP contribution is 2.28. The van der Waals surface area contributed by atoms with Gasteiger partial charge in [0.25, 0.3) is 5.56 Å². The van der Waals surface area contributed by atoms with E-state index in [0.29, 0.717) is 29.1 Å². The second kappa shape index (κ2) is 7.90. The lowest BCUT2D eigenvalue weighted by molar-refractivity contribution is 0.302. The molecule has 0 fully saturated rings. The maximum atomic E-state index is 12.9. The zero-order valence-corrected chi connectivity index (χ0v) is 18.4. The molecule has 3 aromatic heterocycles. The summed E-state index contributed by atoms with van der Waals surface area (Å²) in [5.74, 6) is 1.50. The maximum absolute atomic E-state index is 12.9. The van der Waals surface area contributed by atoms with Crippen LogP contribution in [-0.4, -0.2) is 18.9 Å². The minimum atomic E-state index is -0.0448. The number of nitrogens with zero attached hydrogens (tertiary/aromatic N) is 4. The number of imidazole rings is 1. The number of aromatic nitrogens is 4. The molecule has 0 N–H and O–H groups in total. The van der Waals surface area contributed by atoms with Crippen LogP contribution in [0, 0.1) is 0 Å². The number of rotatable bonds is 4. The monoisotopic (exact) mass is 454 g/mol. The van der Waals surface area contributed by atoms with Gasteiger partial charge < -0.3 is 9.14 Å². The molecular formula is C26H19ClN4O2. The largest absolute Gasteiger partial charge is 0.487 e. The average molecular weight is 455 g/mol. The molecule has 0 saturated carbocycles. The van der Waals surface area contributed by atoms with Gasteiger partial charge in [-0.2, -0.15) is 0 Å². The molecule has 0 radical (unpaired) electrons. The number of hydrogen-bond donors (Lipinski definition) is 0. The molecule has 6 nitrogen and oxygen atoms in total. The fraction of sp³-hybridized carbons (Fsp3) is 0.115. The van der Waals surface area contributed by atoms with E-state index in [0.717, 1.165) is 40.5 Å². The Bertz CT molecular complexity index is 1570. The highest BCUT2D eigenvalue weighted by Gasteiger charge is 2.21. The van der Waals surface area contributed by atoms with Crippen LogP contribution >= 0.6 is 11.6 Å². The van der Waals surface area contributed by atoms with Crippen molar-refractivity contribution in [3.63, 3.8) is 0 Å². The van der Waals surface area contributed by atoms with Gasteiger partial charge >= 0.3 is 0 Å². The van der Waals surface area contributed by atoms with Gasteiger partial charge in [0.1, 0.15) is 23.8 Å². The molecule has 6 rings (SSSR count). The van der Waals surface area contributed by atoms with Crippen LogP contribution in [0.4, 0.5) is 0 Å². The van der Waals surface area contributed by atoms with E-state index in [1.807, 2.05) is 59.3 Å². The summed E-state index contributed by atoms with van der Waals surface area (Å²) in [6.45, 7) is 1.02. The summed E-state index contributed by atoms with van der Waals surface area (Å²) in [5, 5.41) is 1.10. The van der Waals surface area contributed by atoms with Crippen molar-refractivity contribution in [1.82, 2.24) is 18.9 Å². The fourth-order valence-electron chi connectivity index (χ4n) is 4.20. The number of halogens is 1. The summed E-state index contributed by atoms with van der Waals surface area (Å²) in [5.41, 5.74) is 4.47. The van der Waals surface area contributed by atoms with Crippen molar-refractivity contribution in [3.05, 3.63) is 106 Å². The molecule has 1 aliphatic heterocycles. The molecule has 2 aromatic carbocycles. The Morgan fingerprint density at radius 2 is 1.94 bits per heavy atom. The molecule has 0 spiro atoms. The molecule has 4 heterocycles. The van der Waals surface area contributed by atoms with Gasteiger partial charge in [-0.05, 0) is 66.1 Å². The van der Waals surface area contributed by atoms with Crippen LogP contribution in [0.2, 0.25) is 5.02 Å². The van der Waals surface area contributed by atoms with Crippen molar-refractivity contribution in [3.8, 4) is 5.75 Å². The number of ether oxygens (including phenoxy) is 1. The second-order valence-corrected chi connectivity index (χ2v) is 8.47. The standard InChI is InChI=1S/C26H19ClN4O2/c27-19-6-9-23-22(14-19)26(32)31-12-10-18(25(31)29-23)13-17-4-7-21(8-5-17)33-16-20-15-30-11-2-1-3-24(30)28-20/h1-9,11,13-15H,10,12,16H2. The molecule has 33 heavy (non-hydrogen) atoms. The molecule has 162 valence electrons. The van der Waals surface area contributed by atoms with E-state index in [1.165, 1.54) is 0 Å². The minimum Gasteiger partial charge on any atom is -0.487 e. The van der Waals surface area contributed by atoms with Crippen molar-refractivity contribution in [2.24, 2.45) is 0 Å². The van der Waals surface area contributed by atoms with Crippen molar-refractivity contribution in [2.75, 3.05) is 0 Å². The van der Waals surface area contributed by atoms with Crippen LogP contribution in [-0.2, 0) is 13.2 Å². The zero-order chi connectivity index (χ0) is 22.4. The van der Waals surface area contributed by atoms with Gasteiger partial charge in [0.15, 0.2) is 0 Å². The number of hydrogen-bond acceptors (Lipinski definition) is 4. The van der Waals surface area contributed by atoms with Crippen LogP contribution in [0.3, 0.4) is 0 Å². The quantitative estimate of drug-likeness (QED) is 0.373. The third-order valence-corrected chi connectivity index (χ3v) is 6.06. The first-order chi connectivity index (χ1) is 16.1. The number of fused-ring (bicyclic) bond motifs is 3. The van der Waals surface area contributed by atoms with Gasteiger partial charge in [-0.1, -0.05) is 29.8 Å². The van der Waals surface area contributed by atoms with Crippen molar-refractivity contribution >= 4 is 39.8 Å².